The van der Waals surface area contributed by atoms with Gasteiger partial charge in [0.2, 0.25) is 0 Å². The first kappa shape index (κ1) is 14.8. The van der Waals surface area contributed by atoms with E-state index < -0.39 is 18.0 Å². The maximum absolute atomic E-state index is 11.9. The van der Waals surface area contributed by atoms with Crippen LogP contribution in [0.3, 0.4) is 0 Å². The first-order valence-corrected chi connectivity index (χ1v) is 6.47. The fourth-order valence-electron chi connectivity index (χ4n) is 1.62. The smallest absolute Gasteiger partial charge is 0.338 e. The van der Waals surface area contributed by atoms with Gasteiger partial charge in [-0.1, -0.05) is 22.9 Å². The number of esters is 1. The molecule has 6 heteroatoms. The normalized spacial score (nSPS) is 11.8. The van der Waals surface area contributed by atoms with Gasteiger partial charge in [-0.15, -0.1) is 0 Å². The highest BCUT2D eigenvalue weighted by Gasteiger charge is 2.19. The highest BCUT2D eigenvalue weighted by molar-refractivity contribution is 5.96. The van der Waals surface area contributed by atoms with Gasteiger partial charge in [0.25, 0.3) is 5.91 Å². The number of aryl methyl sites for hydroxylation is 2. The van der Waals surface area contributed by atoms with Crippen LogP contribution in [0.4, 0.5) is 5.82 Å². The summed E-state index contributed by atoms with van der Waals surface area (Å²) < 4.78 is 9.94. The second-order valence-electron chi connectivity index (χ2n) is 4.73. The molecule has 0 aliphatic rings. The largest absolute Gasteiger partial charge is 0.449 e. The monoisotopic (exact) mass is 288 g/mol. The lowest BCUT2D eigenvalue weighted by Gasteiger charge is -2.12. The molecule has 0 unspecified atom stereocenters. The number of nitrogens with zero attached hydrogens (tertiary/aromatic N) is 1. The zero-order chi connectivity index (χ0) is 15.4. The zero-order valence-corrected chi connectivity index (χ0v) is 12.0. The van der Waals surface area contributed by atoms with Crippen LogP contribution in [0.1, 0.15) is 28.6 Å². The maximum atomic E-state index is 11.9. The third-order valence-corrected chi connectivity index (χ3v) is 2.82. The quantitative estimate of drug-likeness (QED) is 0.874. The predicted molar refractivity (Wildman–Crippen MR) is 75.9 cm³/mol. The van der Waals surface area contributed by atoms with Gasteiger partial charge in [0.15, 0.2) is 11.9 Å². The van der Waals surface area contributed by atoms with Gasteiger partial charge in [0.05, 0.1) is 5.56 Å². The van der Waals surface area contributed by atoms with Crippen molar-refractivity contribution < 1.29 is 18.8 Å². The van der Waals surface area contributed by atoms with Crippen molar-refractivity contribution in [3.05, 3.63) is 47.2 Å². The first-order chi connectivity index (χ1) is 9.95. The third kappa shape index (κ3) is 3.92. The van der Waals surface area contributed by atoms with Gasteiger partial charge in [0, 0.05) is 6.07 Å². The molecule has 0 aliphatic carbocycles. The van der Waals surface area contributed by atoms with Crippen molar-refractivity contribution in [1.29, 1.82) is 0 Å². The number of rotatable bonds is 4. The van der Waals surface area contributed by atoms with Gasteiger partial charge in [-0.3, -0.25) is 4.79 Å². The molecule has 21 heavy (non-hydrogen) atoms. The number of benzene rings is 1. The molecular weight excluding hydrogens is 272 g/mol. The van der Waals surface area contributed by atoms with Crippen molar-refractivity contribution in [2.24, 2.45) is 0 Å². The van der Waals surface area contributed by atoms with E-state index >= 15 is 0 Å². The van der Waals surface area contributed by atoms with Crippen LogP contribution in [0, 0.1) is 13.8 Å². The van der Waals surface area contributed by atoms with Crippen LogP contribution < -0.4 is 5.32 Å². The predicted octanol–water partition coefficient (Wildman–Crippen LogP) is 2.48. The van der Waals surface area contributed by atoms with Gasteiger partial charge in [-0.05, 0) is 32.9 Å². The molecule has 0 saturated heterocycles. The number of hydrogen-bond donors (Lipinski definition) is 1. The van der Waals surface area contributed by atoms with Crippen molar-refractivity contribution in [3.8, 4) is 0 Å². The lowest BCUT2D eigenvalue weighted by Crippen LogP contribution is -2.30. The highest BCUT2D eigenvalue weighted by Crippen LogP contribution is 2.10. The van der Waals surface area contributed by atoms with E-state index in [4.69, 9.17) is 9.26 Å². The van der Waals surface area contributed by atoms with Gasteiger partial charge >= 0.3 is 5.97 Å². The minimum absolute atomic E-state index is 0.288. The zero-order valence-electron chi connectivity index (χ0n) is 12.0. The molecule has 0 bridgehead atoms. The highest BCUT2D eigenvalue weighted by atomic mass is 16.5. The number of anilines is 1. The van der Waals surface area contributed by atoms with E-state index in [0.717, 1.165) is 5.56 Å². The number of nitrogens with one attached hydrogen (secondary N) is 1. The summed E-state index contributed by atoms with van der Waals surface area (Å²) >= 11 is 0. The molecule has 0 spiro atoms. The Morgan fingerprint density at radius 1 is 1.24 bits per heavy atom. The molecular formula is C15H16N2O4. The molecule has 1 atom stereocenters. The summed E-state index contributed by atoms with van der Waals surface area (Å²) in [6, 6.07) is 8.50. The Kier molecular flexibility index (Phi) is 4.37. The molecule has 6 nitrogen and oxygen atoms in total. The van der Waals surface area contributed by atoms with E-state index in [1.165, 1.54) is 6.92 Å². The molecule has 110 valence electrons. The topological polar surface area (TPSA) is 81.4 Å². The fraction of sp³-hybridized carbons (Fsp3) is 0.267. The summed E-state index contributed by atoms with van der Waals surface area (Å²) in [5, 5.41) is 6.15. The van der Waals surface area contributed by atoms with Crippen molar-refractivity contribution in [2.45, 2.75) is 26.9 Å². The van der Waals surface area contributed by atoms with E-state index in [0.29, 0.717) is 11.3 Å². The first-order valence-electron chi connectivity index (χ1n) is 6.47. The molecule has 0 fully saturated rings. The molecule has 0 radical (unpaired) electrons. The Bertz CT molecular complexity index is 646. The van der Waals surface area contributed by atoms with Crippen LogP contribution in [0.15, 0.2) is 34.9 Å². The van der Waals surface area contributed by atoms with E-state index in [2.05, 4.69) is 10.5 Å². The number of ether oxygens (including phenoxy) is 1. The van der Waals surface area contributed by atoms with Crippen molar-refractivity contribution in [1.82, 2.24) is 5.16 Å². The van der Waals surface area contributed by atoms with Crippen molar-refractivity contribution >= 4 is 17.7 Å². The maximum Gasteiger partial charge on any atom is 0.338 e. The van der Waals surface area contributed by atoms with Crippen LogP contribution in [0.5, 0.6) is 0 Å². The average Bonchev–Trinajstić information content (AvgIpc) is 2.84. The van der Waals surface area contributed by atoms with Crippen molar-refractivity contribution in [2.75, 3.05) is 5.32 Å². The van der Waals surface area contributed by atoms with Gasteiger partial charge in [-0.2, -0.15) is 0 Å². The van der Waals surface area contributed by atoms with Crippen molar-refractivity contribution in [3.63, 3.8) is 0 Å². The summed E-state index contributed by atoms with van der Waals surface area (Å²) in [5.41, 5.74) is 1.44. The summed E-state index contributed by atoms with van der Waals surface area (Å²) in [6.45, 7) is 5.13. The summed E-state index contributed by atoms with van der Waals surface area (Å²) in [4.78, 5) is 23.8. The van der Waals surface area contributed by atoms with E-state index in [9.17, 15) is 9.59 Å². The Hall–Kier alpha value is -2.63. The standard InChI is InChI=1S/C15H16N2O4/c1-9-4-6-12(7-5-9)15(19)20-11(3)14(18)16-13-8-10(2)21-17-13/h4-8,11H,1-3H3,(H,16,17,18)/t11-/m0/s1. The van der Waals surface area contributed by atoms with Gasteiger partial charge < -0.3 is 14.6 Å². The number of amides is 1. The van der Waals surface area contributed by atoms with E-state index in [1.807, 2.05) is 6.92 Å². The van der Waals surface area contributed by atoms with E-state index in [1.54, 1.807) is 37.3 Å². The second kappa shape index (κ2) is 6.21. The minimum Gasteiger partial charge on any atom is -0.449 e. The van der Waals surface area contributed by atoms with E-state index in [-0.39, 0.29) is 5.82 Å². The summed E-state index contributed by atoms with van der Waals surface area (Å²) in [6.07, 6.45) is -0.934. The SMILES string of the molecule is Cc1ccc(C(=O)O[C@@H](C)C(=O)Nc2cc(C)on2)cc1. The van der Waals surface area contributed by atoms with Gasteiger partial charge in [0.1, 0.15) is 5.76 Å². The Morgan fingerprint density at radius 3 is 2.48 bits per heavy atom. The number of carbonyl (C=O) groups is 2. The molecule has 1 aromatic heterocycles. The second-order valence-corrected chi connectivity index (χ2v) is 4.73. The molecule has 0 aliphatic heterocycles. The third-order valence-electron chi connectivity index (χ3n) is 2.82. The minimum atomic E-state index is -0.934. The molecule has 1 amide bonds. The Morgan fingerprint density at radius 2 is 1.90 bits per heavy atom. The molecule has 2 rings (SSSR count). The number of carbonyl (C=O) groups excluding carboxylic acids is 2. The Labute approximate surface area is 122 Å². The summed E-state index contributed by atoms with van der Waals surface area (Å²) in [5.74, 6) is -0.150. The average molecular weight is 288 g/mol. The number of aromatic nitrogens is 1. The van der Waals surface area contributed by atoms with Crippen LogP contribution >= 0.6 is 0 Å². The lowest BCUT2D eigenvalue weighted by molar-refractivity contribution is -0.123. The lowest BCUT2D eigenvalue weighted by atomic mass is 10.1. The molecule has 1 heterocycles. The number of hydrogen-bond acceptors (Lipinski definition) is 5. The van der Waals surface area contributed by atoms with Crippen LogP contribution in [0.25, 0.3) is 0 Å². The van der Waals surface area contributed by atoms with Gasteiger partial charge in [-0.25, -0.2) is 4.79 Å². The molecule has 0 saturated carbocycles. The van der Waals surface area contributed by atoms with Crippen LogP contribution in [0.2, 0.25) is 0 Å². The fourth-order valence-corrected chi connectivity index (χ4v) is 1.62. The molecule has 1 N–H and O–H groups in total. The molecule has 1 aromatic carbocycles. The van der Waals surface area contributed by atoms with Crippen LogP contribution in [-0.4, -0.2) is 23.1 Å². The van der Waals surface area contributed by atoms with Crippen LogP contribution in [-0.2, 0) is 9.53 Å². The Balaban J connectivity index is 1.93. The molecule has 2 aromatic rings. The summed E-state index contributed by atoms with van der Waals surface area (Å²) in [7, 11) is 0.